The number of halogens is 1. The predicted octanol–water partition coefficient (Wildman–Crippen LogP) is 4.01. The van der Waals surface area contributed by atoms with Gasteiger partial charge in [0.1, 0.15) is 17.7 Å². The van der Waals surface area contributed by atoms with Crippen molar-refractivity contribution in [1.29, 1.82) is 0 Å². The van der Waals surface area contributed by atoms with Gasteiger partial charge in [0.2, 0.25) is 0 Å². The number of rotatable bonds is 9. The second kappa shape index (κ2) is 9.74. The maximum absolute atomic E-state index is 15.0. The monoisotopic (exact) mass is 468 g/mol. The summed E-state index contributed by atoms with van der Waals surface area (Å²) in [5.41, 5.74) is 7.73. The number of imidazole rings is 1. The Kier molecular flexibility index (Phi) is 6.54. The minimum Gasteiger partial charge on any atom is -0.490 e. The molecule has 9 heteroatoms. The van der Waals surface area contributed by atoms with Crippen LogP contribution < -0.4 is 15.2 Å². The second-order valence-electron chi connectivity index (χ2n) is 9.32. The summed E-state index contributed by atoms with van der Waals surface area (Å²) in [6, 6.07) is 6.53. The molecule has 2 bridgehead atoms. The Bertz CT molecular complexity index is 1140. The van der Waals surface area contributed by atoms with Gasteiger partial charge in [-0.2, -0.15) is 4.98 Å². The zero-order chi connectivity index (χ0) is 23.7. The first-order valence-corrected chi connectivity index (χ1v) is 12.4. The number of nitrogen functional groups attached to an aromatic ring is 1. The molecule has 3 aromatic rings. The molecule has 2 aromatic heterocycles. The highest BCUT2D eigenvalue weighted by Gasteiger charge is 2.40. The van der Waals surface area contributed by atoms with Crippen LogP contribution >= 0.6 is 0 Å². The number of ether oxygens (including phenoxy) is 2. The topological polar surface area (TPSA) is 90.8 Å². The molecule has 2 fully saturated rings. The standard InChI is InChI=1S/C25H33FN6O2/c1-3-5-10-33-25-29-23(27)24-28-15-19(32(24)30-25)11-16-6-9-20(14-22(16)26)34-21-12-17-7-8-18(13-21)31(17)4-2/h6,9,14-15,17-18,21H,3-5,7-8,10-13H2,1-2H3,(H2,27,29,30)/t17-,18+,21?. The summed E-state index contributed by atoms with van der Waals surface area (Å²) in [5.74, 6) is 0.523. The van der Waals surface area contributed by atoms with Gasteiger partial charge in [-0.15, -0.1) is 5.10 Å². The van der Waals surface area contributed by atoms with Crippen LogP contribution in [0.4, 0.5) is 10.2 Å². The molecule has 4 heterocycles. The van der Waals surface area contributed by atoms with Crippen molar-refractivity contribution in [1.82, 2.24) is 24.5 Å². The molecule has 8 nitrogen and oxygen atoms in total. The summed E-state index contributed by atoms with van der Waals surface area (Å²) in [4.78, 5) is 11.1. The molecule has 5 rings (SSSR count). The minimum absolute atomic E-state index is 0.148. The van der Waals surface area contributed by atoms with E-state index in [0.29, 0.717) is 47.8 Å². The Labute approximate surface area is 199 Å². The van der Waals surface area contributed by atoms with Gasteiger partial charge in [0.15, 0.2) is 11.5 Å². The van der Waals surface area contributed by atoms with Crippen molar-refractivity contribution in [3.63, 3.8) is 0 Å². The molecule has 2 aliphatic heterocycles. The van der Waals surface area contributed by atoms with Gasteiger partial charge in [0, 0.05) is 24.6 Å². The van der Waals surface area contributed by atoms with Gasteiger partial charge < -0.3 is 15.2 Å². The van der Waals surface area contributed by atoms with Crippen molar-refractivity contribution in [2.24, 2.45) is 0 Å². The lowest BCUT2D eigenvalue weighted by molar-refractivity contribution is 0.0528. The van der Waals surface area contributed by atoms with Crippen LogP contribution in [-0.2, 0) is 6.42 Å². The van der Waals surface area contributed by atoms with Crippen LogP contribution in [0.15, 0.2) is 24.4 Å². The van der Waals surface area contributed by atoms with Crippen LogP contribution in [0.3, 0.4) is 0 Å². The molecule has 0 amide bonds. The molecule has 0 radical (unpaired) electrons. The lowest BCUT2D eigenvalue weighted by Crippen LogP contribution is -2.46. The minimum atomic E-state index is -0.303. The van der Waals surface area contributed by atoms with E-state index < -0.39 is 0 Å². The molecule has 0 saturated carbocycles. The summed E-state index contributed by atoms with van der Waals surface area (Å²) in [5, 5.41) is 4.41. The van der Waals surface area contributed by atoms with E-state index in [2.05, 4.69) is 33.8 Å². The molecule has 182 valence electrons. The molecular formula is C25H33FN6O2. The van der Waals surface area contributed by atoms with E-state index >= 15 is 4.39 Å². The lowest BCUT2D eigenvalue weighted by Gasteiger charge is -2.38. The first-order chi connectivity index (χ1) is 16.6. The number of hydrogen-bond acceptors (Lipinski definition) is 7. The van der Waals surface area contributed by atoms with Crippen molar-refractivity contribution in [3.05, 3.63) is 41.5 Å². The largest absolute Gasteiger partial charge is 0.490 e. The van der Waals surface area contributed by atoms with E-state index in [9.17, 15) is 0 Å². The summed E-state index contributed by atoms with van der Waals surface area (Å²) in [6.07, 6.45) is 8.53. The number of fused-ring (bicyclic) bond motifs is 3. The third kappa shape index (κ3) is 4.53. The van der Waals surface area contributed by atoms with Crippen molar-refractivity contribution < 1.29 is 13.9 Å². The molecule has 1 unspecified atom stereocenters. The Balaban J connectivity index is 1.29. The summed E-state index contributed by atoms with van der Waals surface area (Å²) in [7, 11) is 0. The Morgan fingerprint density at radius 3 is 2.68 bits per heavy atom. The number of aromatic nitrogens is 4. The lowest BCUT2D eigenvalue weighted by atomic mass is 9.99. The summed E-state index contributed by atoms with van der Waals surface area (Å²) < 4.78 is 28.5. The number of benzene rings is 1. The first-order valence-electron chi connectivity index (χ1n) is 12.4. The van der Waals surface area contributed by atoms with E-state index in [1.165, 1.54) is 18.9 Å². The molecule has 0 aliphatic carbocycles. The number of unbranched alkanes of at least 4 members (excludes halogenated alkanes) is 1. The van der Waals surface area contributed by atoms with Crippen LogP contribution in [0, 0.1) is 5.82 Å². The van der Waals surface area contributed by atoms with Gasteiger partial charge >= 0.3 is 6.01 Å². The highest BCUT2D eigenvalue weighted by molar-refractivity contribution is 5.59. The number of nitrogens with zero attached hydrogens (tertiary/aromatic N) is 5. The Morgan fingerprint density at radius 1 is 1.18 bits per heavy atom. The highest BCUT2D eigenvalue weighted by Crippen LogP contribution is 2.37. The van der Waals surface area contributed by atoms with Gasteiger partial charge in [-0.1, -0.05) is 26.3 Å². The molecule has 2 aliphatic rings. The average Bonchev–Trinajstić information content (AvgIpc) is 3.33. The molecule has 1 aromatic carbocycles. The normalized spacial score (nSPS) is 22.4. The number of nitrogens with two attached hydrogens (primary N) is 1. The van der Waals surface area contributed by atoms with Crippen LogP contribution in [0.2, 0.25) is 0 Å². The van der Waals surface area contributed by atoms with Crippen molar-refractivity contribution in [2.75, 3.05) is 18.9 Å². The number of piperidine rings is 1. The first kappa shape index (κ1) is 22.8. The maximum Gasteiger partial charge on any atom is 0.336 e. The smallest absolute Gasteiger partial charge is 0.336 e. The zero-order valence-electron chi connectivity index (χ0n) is 19.9. The van der Waals surface area contributed by atoms with E-state index in [0.717, 1.165) is 32.2 Å². The van der Waals surface area contributed by atoms with Gasteiger partial charge in [0.25, 0.3) is 0 Å². The number of hydrogen-bond donors (Lipinski definition) is 1. The zero-order valence-corrected chi connectivity index (χ0v) is 19.9. The maximum atomic E-state index is 15.0. The quantitative estimate of drug-likeness (QED) is 0.475. The van der Waals surface area contributed by atoms with E-state index in [1.807, 2.05) is 6.07 Å². The Hall–Kier alpha value is -2.94. The third-order valence-electron chi connectivity index (χ3n) is 7.07. The van der Waals surface area contributed by atoms with Crippen LogP contribution in [0.5, 0.6) is 11.8 Å². The van der Waals surface area contributed by atoms with Crippen molar-refractivity contribution in [2.45, 2.75) is 77.0 Å². The van der Waals surface area contributed by atoms with Crippen molar-refractivity contribution >= 4 is 11.5 Å². The van der Waals surface area contributed by atoms with Gasteiger partial charge in [-0.05, 0) is 50.3 Å². The van der Waals surface area contributed by atoms with E-state index in [4.69, 9.17) is 15.2 Å². The van der Waals surface area contributed by atoms with E-state index in [1.54, 1.807) is 16.8 Å². The van der Waals surface area contributed by atoms with Gasteiger partial charge in [0.05, 0.1) is 18.5 Å². The number of anilines is 1. The summed E-state index contributed by atoms with van der Waals surface area (Å²) >= 11 is 0. The molecule has 2 N–H and O–H groups in total. The van der Waals surface area contributed by atoms with Crippen LogP contribution in [-0.4, -0.2) is 55.8 Å². The second-order valence-corrected chi connectivity index (χ2v) is 9.32. The Morgan fingerprint density at radius 2 is 1.97 bits per heavy atom. The highest BCUT2D eigenvalue weighted by atomic mass is 19.1. The molecule has 34 heavy (non-hydrogen) atoms. The molecule has 3 atom stereocenters. The van der Waals surface area contributed by atoms with E-state index in [-0.39, 0.29) is 23.7 Å². The fourth-order valence-electron chi connectivity index (χ4n) is 5.39. The molecule has 0 spiro atoms. The molecular weight excluding hydrogens is 435 g/mol. The average molecular weight is 469 g/mol. The van der Waals surface area contributed by atoms with Gasteiger partial charge in [-0.25, -0.2) is 13.9 Å². The van der Waals surface area contributed by atoms with Crippen LogP contribution in [0.1, 0.15) is 63.6 Å². The molecule has 2 saturated heterocycles. The SMILES string of the molecule is CCCCOc1nc(N)c2ncc(Cc3ccc(OC4C[C@H]5CC[C@@H](C4)N5CC)cc3F)n2n1. The fraction of sp³-hybridized carbons (Fsp3) is 0.560. The fourth-order valence-corrected chi connectivity index (χ4v) is 5.39. The van der Waals surface area contributed by atoms with Crippen LogP contribution in [0.25, 0.3) is 5.65 Å². The van der Waals surface area contributed by atoms with Gasteiger partial charge in [-0.3, -0.25) is 4.90 Å². The van der Waals surface area contributed by atoms with Crippen molar-refractivity contribution in [3.8, 4) is 11.8 Å². The third-order valence-corrected chi connectivity index (χ3v) is 7.07. The predicted molar refractivity (Wildman–Crippen MR) is 128 cm³/mol. The summed E-state index contributed by atoms with van der Waals surface area (Å²) in [6.45, 7) is 5.92.